The lowest BCUT2D eigenvalue weighted by molar-refractivity contribution is 0.102. The lowest BCUT2D eigenvalue weighted by Gasteiger charge is -2.11. The summed E-state index contributed by atoms with van der Waals surface area (Å²) in [4.78, 5) is 17.3. The van der Waals surface area contributed by atoms with E-state index < -0.39 is 0 Å². The molecule has 0 radical (unpaired) electrons. The Balaban J connectivity index is 1.98. The molecule has 0 spiro atoms. The van der Waals surface area contributed by atoms with Gasteiger partial charge in [-0.1, -0.05) is 0 Å². The first-order valence-electron chi connectivity index (χ1n) is 8.00. The Morgan fingerprint density at radius 2 is 2.08 bits per heavy atom. The van der Waals surface area contributed by atoms with E-state index in [1.807, 2.05) is 25.5 Å². The number of hydrogen-bond acceptors (Lipinski definition) is 5. The van der Waals surface area contributed by atoms with Crippen LogP contribution in [0.4, 0.5) is 11.4 Å². The van der Waals surface area contributed by atoms with Crippen molar-refractivity contribution in [1.82, 2.24) is 14.8 Å². The number of nitrogens with one attached hydrogen (secondary N) is 1. The molecule has 0 aliphatic heterocycles. The third-order valence-corrected chi connectivity index (χ3v) is 3.92. The highest BCUT2D eigenvalue weighted by Gasteiger charge is 2.17. The van der Waals surface area contributed by atoms with Gasteiger partial charge in [0.1, 0.15) is 5.75 Å². The fourth-order valence-electron chi connectivity index (χ4n) is 2.72. The second kappa shape index (κ2) is 6.43. The van der Waals surface area contributed by atoms with E-state index >= 15 is 0 Å². The van der Waals surface area contributed by atoms with E-state index in [0.29, 0.717) is 28.3 Å². The van der Waals surface area contributed by atoms with Crippen LogP contribution in [0.3, 0.4) is 0 Å². The van der Waals surface area contributed by atoms with Crippen molar-refractivity contribution < 1.29 is 9.53 Å². The number of hydrogen-bond donors (Lipinski definition) is 2. The molecule has 0 unspecified atom stereocenters. The molecule has 25 heavy (non-hydrogen) atoms. The number of aromatic nitrogens is 3. The molecule has 2 aromatic heterocycles. The molecule has 0 bridgehead atoms. The number of nitrogens with zero attached hydrogens (tertiary/aromatic N) is 3. The molecular weight excluding hydrogens is 318 g/mol. The molecule has 7 heteroatoms. The maximum absolute atomic E-state index is 12.8. The van der Waals surface area contributed by atoms with Gasteiger partial charge in [0.05, 0.1) is 29.9 Å². The van der Waals surface area contributed by atoms with E-state index in [9.17, 15) is 4.79 Å². The van der Waals surface area contributed by atoms with Crippen LogP contribution in [0.5, 0.6) is 5.75 Å². The summed E-state index contributed by atoms with van der Waals surface area (Å²) >= 11 is 0. The van der Waals surface area contributed by atoms with Crippen LogP contribution in [0.2, 0.25) is 0 Å². The number of rotatable bonds is 4. The van der Waals surface area contributed by atoms with Gasteiger partial charge in [0.25, 0.3) is 5.91 Å². The largest absolute Gasteiger partial charge is 0.495 e. The number of carbonyl (C=O) groups is 1. The molecule has 0 atom stereocenters. The summed E-state index contributed by atoms with van der Waals surface area (Å²) in [5.41, 5.74) is 8.95. The van der Waals surface area contributed by atoms with Crippen LogP contribution < -0.4 is 15.8 Å². The van der Waals surface area contributed by atoms with E-state index in [1.54, 1.807) is 37.6 Å². The normalized spacial score (nSPS) is 11.1. The van der Waals surface area contributed by atoms with Crippen molar-refractivity contribution in [3.63, 3.8) is 0 Å². The first-order valence-corrected chi connectivity index (χ1v) is 8.00. The first-order chi connectivity index (χ1) is 11.9. The highest BCUT2D eigenvalue weighted by molar-refractivity contribution is 6.12. The summed E-state index contributed by atoms with van der Waals surface area (Å²) in [7, 11) is 1.55. The zero-order valence-electron chi connectivity index (χ0n) is 14.7. The van der Waals surface area contributed by atoms with Gasteiger partial charge in [-0.2, -0.15) is 5.10 Å². The summed E-state index contributed by atoms with van der Waals surface area (Å²) in [5, 5.41) is 7.95. The minimum atomic E-state index is -0.233. The Bertz CT molecular complexity index is 946. The molecule has 0 aliphatic rings. The van der Waals surface area contributed by atoms with Crippen molar-refractivity contribution in [3.05, 3.63) is 41.7 Å². The van der Waals surface area contributed by atoms with Gasteiger partial charge < -0.3 is 15.8 Å². The van der Waals surface area contributed by atoms with Gasteiger partial charge in [0, 0.05) is 17.4 Å². The van der Waals surface area contributed by atoms with Gasteiger partial charge in [-0.25, -0.2) is 9.67 Å². The standard InChI is InChI=1S/C18H21N5O2/c1-10(2)23-17-14(9-20-23)13(7-11(3)21-17)18(24)22-12-5-6-16(25-4)15(19)8-12/h5-10H,19H2,1-4H3,(H,22,24). The number of fused-ring (bicyclic) bond motifs is 1. The van der Waals surface area contributed by atoms with E-state index in [1.165, 1.54) is 0 Å². The number of ether oxygens (including phenoxy) is 1. The van der Waals surface area contributed by atoms with Crippen LogP contribution in [0.25, 0.3) is 11.0 Å². The van der Waals surface area contributed by atoms with Crippen LogP contribution >= 0.6 is 0 Å². The molecule has 3 N–H and O–H groups in total. The van der Waals surface area contributed by atoms with Crippen LogP contribution in [0.1, 0.15) is 35.9 Å². The minimum absolute atomic E-state index is 0.157. The van der Waals surface area contributed by atoms with E-state index in [4.69, 9.17) is 10.5 Å². The number of benzene rings is 1. The first kappa shape index (κ1) is 16.8. The van der Waals surface area contributed by atoms with Crippen molar-refractivity contribution in [2.75, 3.05) is 18.2 Å². The number of nitrogens with two attached hydrogens (primary N) is 1. The summed E-state index contributed by atoms with van der Waals surface area (Å²) in [6, 6.07) is 7.05. The molecular formula is C18H21N5O2. The van der Waals surface area contributed by atoms with Crippen LogP contribution in [-0.4, -0.2) is 27.8 Å². The topological polar surface area (TPSA) is 95.1 Å². The van der Waals surface area contributed by atoms with E-state index in [0.717, 1.165) is 11.1 Å². The Morgan fingerprint density at radius 3 is 2.72 bits per heavy atom. The van der Waals surface area contributed by atoms with Gasteiger partial charge in [-0.3, -0.25) is 4.79 Å². The summed E-state index contributed by atoms with van der Waals surface area (Å²) < 4.78 is 6.94. The number of amides is 1. The average molecular weight is 339 g/mol. The molecule has 1 amide bonds. The zero-order chi connectivity index (χ0) is 18.1. The Labute approximate surface area is 145 Å². The van der Waals surface area contributed by atoms with E-state index in [-0.39, 0.29) is 11.9 Å². The van der Waals surface area contributed by atoms with Crippen LogP contribution in [0.15, 0.2) is 30.5 Å². The fourth-order valence-corrected chi connectivity index (χ4v) is 2.72. The molecule has 2 heterocycles. The molecule has 3 rings (SSSR count). The zero-order valence-corrected chi connectivity index (χ0v) is 14.7. The maximum Gasteiger partial charge on any atom is 0.256 e. The van der Waals surface area contributed by atoms with Gasteiger partial charge in [0.2, 0.25) is 0 Å². The van der Waals surface area contributed by atoms with Crippen molar-refractivity contribution in [2.45, 2.75) is 26.8 Å². The van der Waals surface area contributed by atoms with Gasteiger partial charge in [-0.05, 0) is 45.0 Å². The molecule has 130 valence electrons. The number of nitrogen functional groups attached to an aromatic ring is 1. The highest BCUT2D eigenvalue weighted by atomic mass is 16.5. The second-order valence-corrected chi connectivity index (χ2v) is 6.14. The Kier molecular flexibility index (Phi) is 4.31. The molecule has 1 aromatic carbocycles. The predicted molar refractivity (Wildman–Crippen MR) is 98.0 cm³/mol. The maximum atomic E-state index is 12.8. The van der Waals surface area contributed by atoms with Gasteiger partial charge in [-0.15, -0.1) is 0 Å². The van der Waals surface area contributed by atoms with Crippen LogP contribution in [0, 0.1) is 6.92 Å². The quantitative estimate of drug-likeness (QED) is 0.712. The molecule has 7 nitrogen and oxygen atoms in total. The molecule has 0 aliphatic carbocycles. The summed E-state index contributed by atoms with van der Waals surface area (Å²) in [6.45, 7) is 5.91. The van der Waals surface area contributed by atoms with Crippen molar-refractivity contribution in [3.8, 4) is 5.75 Å². The predicted octanol–water partition coefficient (Wildman–Crippen LogP) is 3.16. The average Bonchev–Trinajstić information content (AvgIpc) is 2.98. The SMILES string of the molecule is COc1ccc(NC(=O)c2cc(C)nc3c2cnn3C(C)C)cc1N. The molecule has 0 saturated carbocycles. The number of carbonyl (C=O) groups excluding carboxylic acids is 1. The minimum Gasteiger partial charge on any atom is -0.495 e. The van der Waals surface area contributed by atoms with Crippen molar-refractivity contribution in [2.24, 2.45) is 0 Å². The molecule has 0 fully saturated rings. The number of pyridine rings is 1. The second-order valence-electron chi connectivity index (χ2n) is 6.14. The van der Waals surface area contributed by atoms with E-state index in [2.05, 4.69) is 15.4 Å². The highest BCUT2D eigenvalue weighted by Crippen LogP contribution is 2.26. The third-order valence-electron chi connectivity index (χ3n) is 3.92. The molecule has 0 saturated heterocycles. The number of methoxy groups -OCH3 is 1. The fraction of sp³-hybridized carbons (Fsp3) is 0.278. The lowest BCUT2D eigenvalue weighted by atomic mass is 10.1. The van der Waals surface area contributed by atoms with Crippen LogP contribution in [-0.2, 0) is 0 Å². The monoisotopic (exact) mass is 339 g/mol. The number of aryl methyl sites for hydroxylation is 1. The summed E-state index contributed by atoms with van der Waals surface area (Å²) in [6.07, 6.45) is 1.68. The Morgan fingerprint density at radius 1 is 1.32 bits per heavy atom. The van der Waals surface area contributed by atoms with Crippen molar-refractivity contribution >= 4 is 28.3 Å². The lowest BCUT2D eigenvalue weighted by Crippen LogP contribution is -2.13. The van der Waals surface area contributed by atoms with Gasteiger partial charge >= 0.3 is 0 Å². The molecule has 3 aromatic rings. The summed E-state index contributed by atoms with van der Waals surface area (Å²) in [5.74, 6) is 0.335. The third kappa shape index (κ3) is 3.13. The van der Waals surface area contributed by atoms with Gasteiger partial charge in [0.15, 0.2) is 5.65 Å². The Hall–Kier alpha value is -3.09. The number of anilines is 2. The smallest absolute Gasteiger partial charge is 0.256 e. The van der Waals surface area contributed by atoms with Crippen molar-refractivity contribution in [1.29, 1.82) is 0 Å².